The van der Waals surface area contributed by atoms with E-state index in [1.54, 1.807) is 4.90 Å². The van der Waals surface area contributed by atoms with E-state index in [0.717, 1.165) is 38.9 Å². The number of nitrogens with one attached hydrogen (secondary N) is 1. The topological polar surface area (TPSA) is 50.8 Å². The Morgan fingerprint density at radius 1 is 1.22 bits per heavy atom. The van der Waals surface area contributed by atoms with Crippen molar-refractivity contribution in [3.05, 3.63) is 0 Å². The fourth-order valence-corrected chi connectivity index (χ4v) is 3.57. The molecule has 0 aromatic heterocycles. The van der Waals surface area contributed by atoms with Gasteiger partial charge in [0.1, 0.15) is 5.60 Å². The first-order valence-electron chi connectivity index (χ1n) is 9.06. The Balaban J connectivity index is 1.73. The van der Waals surface area contributed by atoms with Gasteiger partial charge in [0.25, 0.3) is 0 Å². The maximum atomic E-state index is 12.2. The normalized spacial score (nSPS) is 30.0. The summed E-state index contributed by atoms with van der Waals surface area (Å²) in [5, 5.41) is 3.77. The monoisotopic (exact) mass is 326 g/mol. The molecule has 1 amide bonds. The fourth-order valence-electron chi connectivity index (χ4n) is 3.57. The summed E-state index contributed by atoms with van der Waals surface area (Å²) in [5.74, 6) is 0.650. The molecule has 1 saturated heterocycles. The molecule has 23 heavy (non-hydrogen) atoms. The third-order valence-electron chi connectivity index (χ3n) is 5.10. The van der Waals surface area contributed by atoms with Crippen LogP contribution in [0.1, 0.15) is 59.8 Å². The van der Waals surface area contributed by atoms with E-state index in [1.165, 1.54) is 6.42 Å². The van der Waals surface area contributed by atoms with Gasteiger partial charge in [0.15, 0.2) is 0 Å². The van der Waals surface area contributed by atoms with Crippen LogP contribution < -0.4 is 5.32 Å². The molecule has 5 heteroatoms. The summed E-state index contributed by atoms with van der Waals surface area (Å²) < 4.78 is 11.0. The summed E-state index contributed by atoms with van der Waals surface area (Å²) in [5.41, 5.74) is -0.428. The summed E-state index contributed by atoms with van der Waals surface area (Å²) in [6.07, 6.45) is 5.30. The Hall–Kier alpha value is -0.810. The SMILES string of the molecule is CC(NC1CCC(N(C)C(=O)OC(C)(C)C)CC1)C1CCOC1. The zero-order valence-corrected chi connectivity index (χ0v) is 15.4. The van der Waals surface area contributed by atoms with Crippen LogP contribution in [0.25, 0.3) is 0 Å². The van der Waals surface area contributed by atoms with Gasteiger partial charge in [-0.25, -0.2) is 4.79 Å². The molecule has 2 atom stereocenters. The molecule has 5 nitrogen and oxygen atoms in total. The van der Waals surface area contributed by atoms with E-state index in [9.17, 15) is 4.79 Å². The van der Waals surface area contributed by atoms with E-state index in [-0.39, 0.29) is 6.09 Å². The molecule has 2 aliphatic rings. The Bertz CT molecular complexity index is 380. The van der Waals surface area contributed by atoms with Crippen LogP contribution >= 0.6 is 0 Å². The Labute approximate surface area is 141 Å². The van der Waals surface area contributed by atoms with Crippen molar-refractivity contribution in [1.82, 2.24) is 10.2 Å². The highest BCUT2D eigenvalue weighted by Gasteiger charge is 2.31. The highest BCUT2D eigenvalue weighted by molar-refractivity contribution is 5.68. The van der Waals surface area contributed by atoms with Gasteiger partial charge in [0.2, 0.25) is 0 Å². The number of ether oxygens (including phenoxy) is 2. The molecule has 1 N–H and O–H groups in total. The van der Waals surface area contributed by atoms with Crippen LogP contribution in [0.15, 0.2) is 0 Å². The number of nitrogens with zero attached hydrogens (tertiary/aromatic N) is 1. The van der Waals surface area contributed by atoms with E-state index >= 15 is 0 Å². The first-order chi connectivity index (χ1) is 10.8. The minimum Gasteiger partial charge on any atom is -0.444 e. The van der Waals surface area contributed by atoms with Crippen LogP contribution in [-0.4, -0.2) is 55.0 Å². The average Bonchev–Trinajstić information content (AvgIpc) is 3.00. The molecule has 0 aromatic carbocycles. The maximum Gasteiger partial charge on any atom is 0.410 e. The molecule has 134 valence electrons. The molecule has 1 heterocycles. The van der Waals surface area contributed by atoms with Gasteiger partial charge in [-0.05, 0) is 65.7 Å². The first kappa shape index (κ1) is 18.5. The van der Waals surface area contributed by atoms with Crippen LogP contribution in [0.3, 0.4) is 0 Å². The molecule has 1 saturated carbocycles. The van der Waals surface area contributed by atoms with Crippen molar-refractivity contribution in [3.8, 4) is 0 Å². The lowest BCUT2D eigenvalue weighted by Gasteiger charge is -2.37. The minimum absolute atomic E-state index is 0.203. The molecule has 1 aliphatic heterocycles. The lowest BCUT2D eigenvalue weighted by molar-refractivity contribution is 0.0177. The second kappa shape index (κ2) is 7.84. The Morgan fingerprint density at radius 2 is 1.87 bits per heavy atom. The predicted octanol–water partition coefficient (Wildman–Crippen LogP) is 3.18. The second-order valence-electron chi connectivity index (χ2n) is 8.18. The fraction of sp³-hybridized carbons (Fsp3) is 0.944. The molecule has 2 rings (SSSR count). The van der Waals surface area contributed by atoms with Crippen LogP contribution in [0.4, 0.5) is 4.79 Å². The second-order valence-corrected chi connectivity index (χ2v) is 8.18. The molecule has 0 spiro atoms. The lowest BCUT2D eigenvalue weighted by atomic mass is 9.89. The van der Waals surface area contributed by atoms with E-state index in [0.29, 0.717) is 24.0 Å². The quantitative estimate of drug-likeness (QED) is 0.862. The lowest BCUT2D eigenvalue weighted by Crippen LogP contribution is -2.47. The summed E-state index contributed by atoms with van der Waals surface area (Å²) >= 11 is 0. The molecule has 1 aliphatic carbocycles. The van der Waals surface area contributed by atoms with Crippen molar-refractivity contribution in [1.29, 1.82) is 0 Å². The Kier molecular flexibility index (Phi) is 6.32. The Morgan fingerprint density at radius 3 is 2.39 bits per heavy atom. The number of carbonyl (C=O) groups is 1. The van der Waals surface area contributed by atoms with Gasteiger partial charge >= 0.3 is 6.09 Å². The van der Waals surface area contributed by atoms with Gasteiger partial charge in [-0.15, -0.1) is 0 Å². The van der Waals surface area contributed by atoms with Crippen LogP contribution in [0.2, 0.25) is 0 Å². The van der Waals surface area contributed by atoms with E-state index < -0.39 is 5.60 Å². The third kappa shape index (κ3) is 5.64. The zero-order chi connectivity index (χ0) is 17.0. The number of hydrogen-bond donors (Lipinski definition) is 1. The molecule has 2 unspecified atom stereocenters. The average molecular weight is 326 g/mol. The van der Waals surface area contributed by atoms with Crippen LogP contribution in [0.5, 0.6) is 0 Å². The van der Waals surface area contributed by atoms with Crippen molar-refractivity contribution < 1.29 is 14.3 Å². The number of carbonyl (C=O) groups excluding carboxylic acids is 1. The molecule has 2 fully saturated rings. The van der Waals surface area contributed by atoms with Gasteiger partial charge < -0.3 is 19.7 Å². The van der Waals surface area contributed by atoms with Crippen molar-refractivity contribution in [2.24, 2.45) is 5.92 Å². The molecule has 0 radical (unpaired) electrons. The zero-order valence-electron chi connectivity index (χ0n) is 15.4. The third-order valence-corrected chi connectivity index (χ3v) is 5.10. The van der Waals surface area contributed by atoms with Gasteiger partial charge in [-0.2, -0.15) is 0 Å². The van der Waals surface area contributed by atoms with Gasteiger partial charge in [0, 0.05) is 31.8 Å². The van der Waals surface area contributed by atoms with Gasteiger partial charge in [-0.3, -0.25) is 0 Å². The van der Waals surface area contributed by atoms with Crippen molar-refractivity contribution in [3.63, 3.8) is 0 Å². The molecule has 0 aromatic rings. The maximum absolute atomic E-state index is 12.2. The number of amides is 1. The summed E-state index contributed by atoms with van der Waals surface area (Å²) in [6, 6.07) is 1.38. The minimum atomic E-state index is -0.428. The van der Waals surface area contributed by atoms with Crippen LogP contribution in [-0.2, 0) is 9.47 Å². The summed E-state index contributed by atoms with van der Waals surface area (Å²) in [7, 11) is 1.87. The number of hydrogen-bond acceptors (Lipinski definition) is 4. The van der Waals surface area contributed by atoms with E-state index in [1.807, 2.05) is 27.8 Å². The summed E-state index contributed by atoms with van der Waals surface area (Å²) in [4.78, 5) is 14.0. The highest BCUT2D eigenvalue weighted by atomic mass is 16.6. The van der Waals surface area contributed by atoms with E-state index in [4.69, 9.17) is 9.47 Å². The van der Waals surface area contributed by atoms with Crippen LogP contribution in [0, 0.1) is 5.92 Å². The standard InChI is InChI=1S/C18H34N2O3/c1-13(14-10-11-22-12-14)19-15-6-8-16(9-7-15)20(5)17(21)23-18(2,3)4/h13-16,19H,6-12H2,1-5H3. The largest absolute Gasteiger partial charge is 0.444 e. The van der Waals surface area contributed by atoms with Gasteiger partial charge in [-0.1, -0.05) is 0 Å². The smallest absolute Gasteiger partial charge is 0.410 e. The predicted molar refractivity (Wildman–Crippen MR) is 91.6 cm³/mol. The number of rotatable bonds is 4. The van der Waals surface area contributed by atoms with Gasteiger partial charge in [0.05, 0.1) is 6.61 Å². The van der Waals surface area contributed by atoms with Crippen molar-refractivity contribution in [2.75, 3.05) is 20.3 Å². The molecular weight excluding hydrogens is 292 g/mol. The molecular formula is C18H34N2O3. The van der Waals surface area contributed by atoms with E-state index in [2.05, 4.69) is 12.2 Å². The first-order valence-corrected chi connectivity index (χ1v) is 9.06. The highest BCUT2D eigenvalue weighted by Crippen LogP contribution is 2.25. The molecule has 0 bridgehead atoms. The van der Waals surface area contributed by atoms with Crippen molar-refractivity contribution in [2.45, 2.75) is 83.5 Å². The summed E-state index contributed by atoms with van der Waals surface area (Å²) in [6.45, 7) is 9.81. The van der Waals surface area contributed by atoms with Crippen molar-refractivity contribution >= 4 is 6.09 Å².